The normalized spacial score (nSPS) is 11.2. The van der Waals surface area contributed by atoms with Crippen molar-refractivity contribution < 1.29 is 4.79 Å². The molecule has 7 heteroatoms. The molecular formula is C19H30Cl2N4O. The number of aromatic nitrogens is 2. The number of halogens is 2. The van der Waals surface area contributed by atoms with Crippen LogP contribution in [0.2, 0.25) is 0 Å². The number of nitrogens with one attached hydrogen (secondary N) is 3. The molecule has 0 saturated heterocycles. The molecule has 1 aromatic carbocycles. The van der Waals surface area contributed by atoms with Crippen molar-refractivity contribution in [2.45, 2.75) is 52.0 Å². The molecular weight excluding hydrogens is 371 g/mol. The lowest BCUT2D eigenvalue weighted by atomic mass is 10.1. The van der Waals surface area contributed by atoms with Crippen molar-refractivity contribution in [1.29, 1.82) is 0 Å². The predicted octanol–water partition coefficient (Wildman–Crippen LogP) is 4.28. The van der Waals surface area contributed by atoms with Crippen LogP contribution < -0.4 is 10.6 Å². The highest BCUT2D eigenvalue weighted by Crippen LogP contribution is 2.10. The molecule has 3 N–H and O–H groups in total. The van der Waals surface area contributed by atoms with Gasteiger partial charge in [0.15, 0.2) is 0 Å². The minimum absolute atomic E-state index is 0. The van der Waals surface area contributed by atoms with Gasteiger partial charge in [-0.1, -0.05) is 24.1 Å². The Morgan fingerprint density at radius 3 is 2.58 bits per heavy atom. The van der Waals surface area contributed by atoms with E-state index in [1.807, 2.05) is 37.4 Å². The summed E-state index contributed by atoms with van der Waals surface area (Å²) in [6.45, 7) is 5.17. The molecule has 0 spiro atoms. The maximum absolute atomic E-state index is 11.9. The lowest BCUT2D eigenvalue weighted by molar-refractivity contribution is -0.116. The highest BCUT2D eigenvalue weighted by atomic mass is 35.5. The van der Waals surface area contributed by atoms with Crippen LogP contribution in [0.15, 0.2) is 36.8 Å². The lowest BCUT2D eigenvalue weighted by Gasteiger charge is -2.13. The number of rotatable bonds is 10. The highest BCUT2D eigenvalue weighted by Gasteiger charge is 2.05. The Labute approximate surface area is 168 Å². The van der Waals surface area contributed by atoms with Crippen LogP contribution in [-0.4, -0.2) is 28.5 Å². The minimum atomic E-state index is 0. The molecule has 0 bridgehead atoms. The van der Waals surface area contributed by atoms with Gasteiger partial charge in [-0.15, -0.1) is 24.8 Å². The summed E-state index contributed by atoms with van der Waals surface area (Å²) >= 11 is 0. The fourth-order valence-electron chi connectivity index (χ4n) is 2.57. The van der Waals surface area contributed by atoms with Crippen LogP contribution in [0.1, 0.15) is 43.9 Å². The van der Waals surface area contributed by atoms with Crippen molar-refractivity contribution in [3.05, 3.63) is 48.0 Å². The molecule has 1 aromatic heterocycles. The van der Waals surface area contributed by atoms with Crippen molar-refractivity contribution in [3.8, 4) is 0 Å². The number of carbonyl (C=O) groups excluding carboxylic acids is 1. The second-order valence-corrected chi connectivity index (χ2v) is 6.34. The standard InChI is InChI=1S/C19H28N4O.2ClH/c1-15-7-9-17(10-8-15)23-19(24)6-4-3-5-16(2)21-12-11-18-13-20-14-22-18;;/h7-10,13-14,16,21H,3-6,11-12H2,1-2H3,(H,20,22)(H,23,24);2*1H. The molecule has 26 heavy (non-hydrogen) atoms. The van der Waals surface area contributed by atoms with E-state index in [1.165, 1.54) is 5.56 Å². The Morgan fingerprint density at radius 2 is 1.92 bits per heavy atom. The van der Waals surface area contributed by atoms with Crippen molar-refractivity contribution in [3.63, 3.8) is 0 Å². The maximum Gasteiger partial charge on any atom is 0.224 e. The largest absolute Gasteiger partial charge is 0.348 e. The minimum Gasteiger partial charge on any atom is -0.348 e. The molecule has 0 aliphatic heterocycles. The first-order valence-electron chi connectivity index (χ1n) is 8.70. The summed E-state index contributed by atoms with van der Waals surface area (Å²) in [5.41, 5.74) is 3.23. The van der Waals surface area contributed by atoms with Gasteiger partial charge >= 0.3 is 0 Å². The molecule has 1 atom stereocenters. The maximum atomic E-state index is 11.9. The van der Waals surface area contributed by atoms with Crippen LogP contribution in [0, 0.1) is 6.92 Å². The van der Waals surface area contributed by atoms with Crippen LogP contribution in [-0.2, 0) is 11.2 Å². The van der Waals surface area contributed by atoms with Gasteiger partial charge in [0.25, 0.3) is 0 Å². The first kappa shape index (κ1) is 24.4. The lowest BCUT2D eigenvalue weighted by Crippen LogP contribution is -2.28. The Balaban J connectivity index is 0.00000312. The van der Waals surface area contributed by atoms with E-state index in [0.29, 0.717) is 12.5 Å². The molecule has 1 amide bonds. The van der Waals surface area contributed by atoms with Crippen LogP contribution >= 0.6 is 24.8 Å². The quantitative estimate of drug-likeness (QED) is 0.521. The third kappa shape index (κ3) is 9.80. The van der Waals surface area contributed by atoms with Gasteiger partial charge in [-0.2, -0.15) is 0 Å². The number of unbranched alkanes of at least 4 members (excludes halogenated alkanes) is 1. The first-order chi connectivity index (χ1) is 11.6. The summed E-state index contributed by atoms with van der Waals surface area (Å²) in [5.74, 6) is 0.0960. The van der Waals surface area contributed by atoms with E-state index in [0.717, 1.165) is 43.6 Å². The summed E-state index contributed by atoms with van der Waals surface area (Å²) in [7, 11) is 0. The molecule has 0 radical (unpaired) electrons. The fourth-order valence-corrected chi connectivity index (χ4v) is 2.57. The number of hydrogen-bond donors (Lipinski definition) is 3. The van der Waals surface area contributed by atoms with Gasteiger partial charge in [-0.3, -0.25) is 4.79 Å². The number of nitrogens with zero attached hydrogens (tertiary/aromatic N) is 1. The number of anilines is 1. The zero-order valence-electron chi connectivity index (χ0n) is 15.5. The monoisotopic (exact) mass is 400 g/mol. The summed E-state index contributed by atoms with van der Waals surface area (Å²) in [5, 5.41) is 6.45. The SMILES string of the molecule is Cc1ccc(NC(=O)CCCCC(C)NCCc2cnc[nH]2)cc1.Cl.Cl. The molecule has 1 heterocycles. The zero-order chi connectivity index (χ0) is 17.2. The van der Waals surface area contributed by atoms with Crippen LogP contribution in [0.5, 0.6) is 0 Å². The number of H-pyrrole nitrogens is 1. The molecule has 146 valence electrons. The van der Waals surface area contributed by atoms with Crippen LogP contribution in [0.4, 0.5) is 5.69 Å². The second kappa shape index (κ2) is 13.6. The fraction of sp³-hybridized carbons (Fsp3) is 0.474. The third-order valence-corrected chi connectivity index (χ3v) is 4.07. The number of imidazole rings is 1. The summed E-state index contributed by atoms with van der Waals surface area (Å²) in [6, 6.07) is 8.36. The second-order valence-electron chi connectivity index (χ2n) is 6.34. The van der Waals surface area contributed by atoms with Gasteiger partial charge in [-0.25, -0.2) is 4.98 Å². The van der Waals surface area contributed by atoms with Gasteiger partial charge in [0.1, 0.15) is 0 Å². The number of aromatic amines is 1. The van der Waals surface area contributed by atoms with E-state index in [1.54, 1.807) is 6.33 Å². The van der Waals surface area contributed by atoms with E-state index in [4.69, 9.17) is 0 Å². The van der Waals surface area contributed by atoms with Gasteiger partial charge in [0, 0.05) is 43.0 Å². The highest BCUT2D eigenvalue weighted by molar-refractivity contribution is 5.90. The zero-order valence-corrected chi connectivity index (χ0v) is 17.1. The smallest absolute Gasteiger partial charge is 0.224 e. The van der Waals surface area contributed by atoms with E-state index in [9.17, 15) is 4.79 Å². The van der Waals surface area contributed by atoms with Crippen LogP contribution in [0.3, 0.4) is 0 Å². The molecule has 2 aromatic rings. The molecule has 1 unspecified atom stereocenters. The van der Waals surface area contributed by atoms with E-state index < -0.39 is 0 Å². The van der Waals surface area contributed by atoms with E-state index in [2.05, 4.69) is 27.5 Å². The number of amides is 1. The summed E-state index contributed by atoms with van der Waals surface area (Å²) in [4.78, 5) is 19.0. The molecule has 0 aliphatic carbocycles. The Kier molecular flexibility index (Phi) is 12.8. The summed E-state index contributed by atoms with van der Waals surface area (Å²) < 4.78 is 0. The first-order valence-corrected chi connectivity index (χ1v) is 8.70. The number of hydrogen-bond acceptors (Lipinski definition) is 3. The number of benzene rings is 1. The Hall–Kier alpha value is -1.56. The average molecular weight is 401 g/mol. The molecule has 0 saturated carbocycles. The van der Waals surface area contributed by atoms with Crippen molar-refractivity contribution in [1.82, 2.24) is 15.3 Å². The molecule has 2 rings (SSSR count). The number of carbonyl (C=O) groups is 1. The van der Waals surface area contributed by atoms with Gasteiger partial charge in [0.2, 0.25) is 5.91 Å². The van der Waals surface area contributed by atoms with Gasteiger partial charge in [0.05, 0.1) is 6.33 Å². The van der Waals surface area contributed by atoms with Gasteiger partial charge in [-0.05, 0) is 38.8 Å². The number of aryl methyl sites for hydroxylation is 1. The van der Waals surface area contributed by atoms with Crippen molar-refractivity contribution in [2.24, 2.45) is 0 Å². The summed E-state index contributed by atoms with van der Waals surface area (Å²) in [6.07, 6.45) is 8.17. The predicted molar refractivity (Wildman–Crippen MR) is 113 cm³/mol. The third-order valence-electron chi connectivity index (χ3n) is 4.07. The van der Waals surface area contributed by atoms with Gasteiger partial charge < -0.3 is 15.6 Å². The Bertz CT molecular complexity index is 603. The van der Waals surface area contributed by atoms with E-state index >= 15 is 0 Å². The van der Waals surface area contributed by atoms with Crippen molar-refractivity contribution in [2.75, 3.05) is 11.9 Å². The topological polar surface area (TPSA) is 69.8 Å². The average Bonchev–Trinajstić information content (AvgIpc) is 3.07. The molecule has 5 nitrogen and oxygen atoms in total. The Morgan fingerprint density at radius 1 is 1.19 bits per heavy atom. The molecule has 0 aliphatic rings. The molecule has 0 fully saturated rings. The van der Waals surface area contributed by atoms with Crippen molar-refractivity contribution >= 4 is 36.4 Å². The van der Waals surface area contributed by atoms with E-state index in [-0.39, 0.29) is 30.7 Å². The van der Waals surface area contributed by atoms with Crippen LogP contribution in [0.25, 0.3) is 0 Å².